The maximum Gasteiger partial charge on any atom is 0.271 e. The number of aromatic nitrogens is 2. The molecule has 0 aliphatic rings. The van der Waals surface area contributed by atoms with Crippen molar-refractivity contribution in [2.75, 3.05) is 0 Å². The second-order valence-corrected chi connectivity index (χ2v) is 5.04. The fourth-order valence-corrected chi connectivity index (χ4v) is 2.45. The van der Waals surface area contributed by atoms with Crippen molar-refractivity contribution in [3.05, 3.63) is 78.9 Å². The largest absolute Gasteiger partial charge is 0.271 e. The minimum absolute atomic E-state index is 0.150. The fraction of sp³-hybridized carbons (Fsp3) is 0.0667. The normalized spacial score (nSPS) is 10.7. The molecule has 0 unspecified atom stereocenters. The Bertz CT molecular complexity index is 1060. The van der Waals surface area contributed by atoms with Crippen LogP contribution in [0.3, 0.4) is 0 Å². The number of nitrogens with zero attached hydrogens (tertiary/aromatic N) is 4. The van der Waals surface area contributed by atoms with Crippen LogP contribution in [0, 0.1) is 27.2 Å². The van der Waals surface area contributed by atoms with Gasteiger partial charge in [-0.3, -0.25) is 29.6 Å². The summed E-state index contributed by atoms with van der Waals surface area (Å²) in [6.45, 7) is 1.55. The Morgan fingerprint density at radius 3 is 2.33 bits per heavy atom. The number of hydrogen-bond acceptors (Lipinski definition) is 6. The highest BCUT2D eigenvalue weighted by atomic mass is 16.6. The van der Waals surface area contributed by atoms with Crippen LogP contribution in [0.4, 0.5) is 11.4 Å². The number of aryl methyl sites for hydroxylation is 1. The van der Waals surface area contributed by atoms with Gasteiger partial charge in [0, 0.05) is 24.3 Å². The minimum atomic E-state index is -0.567. The van der Waals surface area contributed by atoms with E-state index in [0.717, 1.165) is 0 Å². The van der Waals surface area contributed by atoms with Crippen molar-refractivity contribution in [2.24, 2.45) is 0 Å². The third-order valence-electron chi connectivity index (χ3n) is 3.53. The van der Waals surface area contributed by atoms with E-state index >= 15 is 0 Å². The van der Waals surface area contributed by atoms with Gasteiger partial charge in [-0.05, 0) is 19.1 Å². The van der Waals surface area contributed by atoms with Crippen molar-refractivity contribution < 1.29 is 9.85 Å². The molecule has 1 aromatic heterocycles. The summed E-state index contributed by atoms with van der Waals surface area (Å²) in [6.07, 6.45) is 0. The molecule has 1 heterocycles. The summed E-state index contributed by atoms with van der Waals surface area (Å²) in [4.78, 5) is 37.5. The van der Waals surface area contributed by atoms with Crippen LogP contribution in [0.2, 0.25) is 0 Å². The molecular formula is C15H10N4O5. The Morgan fingerprint density at radius 1 is 1.00 bits per heavy atom. The number of non-ortho nitro benzene ring substituents is 2. The van der Waals surface area contributed by atoms with Crippen molar-refractivity contribution in [3.8, 4) is 5.69 Å². The van der Waals surface area contributed by atoms with Crippen LogP contribution in [0.25, 0.3) is 16.6 Å². The molecular weight excluding hydrogens is 316 g/mol. The number of nitro benzene ring substituents is 2. The van der Waals surface area contributed by atoms with Crippen LogP contribution in [0.5, 0.6) is 0 Å². The summed E-state index contributed by atoms with van der Waals surface area (Å²) >= 11 is 0. The zero-order valence-electron chi connectivity index (χ0n) is 12.4. The first kappa shape index (κ1) is 15.3. The van der Waals surface area contributed by atoms with E-state index in [9.17, 15) is 25.0 Å². The number of fused-ring (bicyclic) bond motifs is 1. The Hall–Kier alpha value is -3.62. The van der Waals surface area contributed by atoms with Gasteiger partial charge in [-0.15, -0.1) is 0 Å². The summed E-state index contributed by atoms with van der Waals surface area (Å²) in [5.41, 5.74) is -0.259. The lowest BCUT2D eigenvalue weighted by molar-refractivity contribution is -0.385. The van der Waals surface area contributed by atoms with Crippen molar-refractivity contribution in [3.63, 3.8) is 0 Å². The highest BCUT2D eigenvalue weighted by Crippen LogP contribution is 2.20. The SMILES string of the molecule is Cc1nc2cc([N+](=O)[O-])ccc2c(=O)n1-c1cccc([N+](=O)[O-])c1. The monoisotopic (exact) mass is 326 g/mol. The van der Waals surface area contributed by atoms with Crippen LogP contribution in [-0.4, -0.2) is 19.4 Å². The third-order valence-corrected chi connectivity index (χ3v) is 3.53. The van der Waals surface area contributed by atoms with Gasteiger partial charge in [0.05, 0.1) is 26.4 Å². The van der Waals surface area contributed by atoms with E-state index in [1.54, 1.807) is 13.0 Å². The molecule has 0 amide bonds. The van der Waals surface area contributed by atoms with Gasteiger partial charge in [-0.1, -0.05) is 6.07 Å². The summed E-state index contributed by atoms with van der Waals surface area (Å²) in [6, 6.07) is 9.39. The lowest BCUT2D eigenvalue weighted by Crippen LogP contribution is -2.22. The van der Waals surface area contributed by atoms with Gasteiger partial charge < -0.3 is 0 Å². The molecule has 24 heavy (non-hydrogen) atoms. The number of nitro groups is 2. The standard InChI is InChI=1S/C15H10N4O5/c1-9-16-14-8-12(19(23)24)5-6-13(14)15(20)17(9)10-3-2-4-11(7-10)18(21)22/h2-8H,1H3. The zero-order valence-corrected chi connectivity index (χ0v) is 12.4. The van der Waals surface area contributed by atoms with Crippen molar-refractivity contribution in [1.82, 2.24) is 9.55 Å². The van der Waals surface area contributed by atoms with Gasteiger partial charge in [-0.25, -0.2) is 4.98 Å². The van der Waals surface area contributed by atoms with Gasteiger partial charge in [0.25, 0.3) is 16.9 Å². The lowest BCUT2D eigenvalue weighted by Gasteiger charge is -2.10. The molecule has 0 spiro atoms. The van der Waals surface area contributed by atoms with E-state index < -0.39 is 15.4 Å². The summed E-state index contributed by atoms with van der Waals surface area (Å²) in [5.74, 6) is 0.272. The van der Waals surface area contributed by atoms with Gasteiger partial charge in [0.2, 0.25) is 0 Å². The van der Waals surface area contributed by atoms with Gasteiger partial charge in [0.15, 0.2) is 0 Å². The molecule has 0 radical (unpaired) electrons. The molecule has 3 aromatic rings. The Morgan fingerprint density at radius 2 is 1.67 bits per heavy atom. The van der Waals surface area contributed by atoms with Crippen LogP contribution >= 0.6 is 0 Å². The molecule has 9 heteroatoms. The molecule has 0 fully saturated rings. The first-order chi connectivity index (χ1) is 11.4. The van der Waals surface area contributed by atoms with Crippen LogP contribution in [0.1, 0.15) is 5.82 Å². The van der Waals surface area contributed by atoms with E-state index in [2.05, 4.69) is 4.98 Å². The smallest absolute Gasteiger partial charge is 0.268 e. The van der Waals surface area contributed by atoms with E-state index in [1.165, 1.54) is 41.0 Å². The average molecular weight is 326 g/mol. The number of hydrogen-bond donors (Lipinski definition) is 0. The highest BCUT2D eigenvalue weighted by molar-refractivity contribution is 5.80. The lowest BCUT2D eigenvalue weighted by atomic mass is 10.2. The highest BCUT2D eigenvalue weighted by Gasteiger charge is 2.15. The molecule has 0 saturated heterocycles. The number of rotatable bonds is 3. The minimum Gasteiger partial charge on any atom is -0.268 e. The first-order valence-corrected chi connectivity index (χ1v) is 6.81. The van der Waals surface area contributed by atoms with Crippen molar-refractivity contribution in [2.45, 2.75) is 6.92 Å². The van der Waals surface area contributed by atoms with E-state index in [4.69, 9.17) is 0 Å². The molecule has 2 aromatic carbocycles. The van der Waals surface area contributed by atoms with E-state index in [-0.39, 0.29) is 28.1 Å². The Balaban J connectivity index is 2.28. The van der Waals surface area contributed by atoms with Crippen LogP contribution in [-0.2, 0) is 0 Å². The van der Waals surface area contributed by atoms with Gasteiger partial charge >= 0.3 is 0 Å². The topological polar surface area (TPSA) is 121 Å². The molecule has 0 atom stereocenters. The molecule has 0 N–H and O–H groups in total. The quantitative estimate of drug-likeness (QED) is 0.538. The van der Waals surface area contributed by atoms with Gasteiger partial charge in [-0.2, -0.15) is 0 Å². The molecule has 0 saturated carbocycles. The summed E-state index contributed by atoms with van der Waals surface area (Å²) in [7, 11) is 0. The summed E-state index contributed by atoms with van der Waals surface area (Å²) in [5, 5.41) is 21.9. The predicted molar refractivity (Wildman–Crippen MR) is 85.4 cm³/mol. The van der Waals surface area contributed by atoms with Crippen molar-refractivity contribution in [1.29, 1.82) is 0 Å². The molecule has 0 aliphatic carbocycles. The summed E-state index contributed by atoms with van der Waals surface area (Å²) < 4.78 is 1.24. The maximum atomic E-state index is 12.7. The third kappa shape index (κ3) is 2.47. The van der Waals surface area contributed by atoms with E-state index in [0.29, 0.717) is 5.69 Å². The Labute approximate surface area is 134 Å². The molecule has 120 valence electrons. The second-order valence-electron chi connectivity index (χ2n) is 5.04. The average Bonchev–Trinajstić information content (AvgIpc) is 2.54. The maximum absolute atomic E-state index is 12.7. The fourth-order valence-electron chi connectivity index (χ4n) is 2.45. The zero-order chi connectivity index (χ0) is 17.4. The van der Waals surface area contributed by atoms with E-state index in [1.807, 2.05) is 0 Å². The van der Waals surface area contributed by atoms with Crippen LogP contribution in [0.15, 0.2) is 47.3 Å². The molecule has 3 rings (SSSR count). The molecule has 0 bridgehead atoms. The Kier molecular flexibility index (Phi) is 3.53. The van der Waals surface area contributed by atoms with Gasteiger partial charge in [0.1, 0.15) is 5.82 Å². The molecule has 9 nitrogen and oxygen atoms in total. The van der Waals surface area contributed by atoms with Crippen molar-refractivity contribution >= 4 is 22.3 Å². The first-order valence-electron chi connectivity index (χ1n) is 6.81. The van der Waals surface area contributed by atoms with Crippen LogP contribution < -0.4 is 5.56 Å². The molecule has 0 aliphatic heterocycles. The second kappa shape index (κ2) is 5.54. The predicted octanol–water partition coefficient (Wildman–Crippen LogP) is 2.51. The number of benzene rings is 2.